The molecule has 0 saturated carbocycles. The highest BCUT2D eigenvalue weighted by Crippen LogP contribution is 2.38. The second-order valence-corrected chi connectivity index (χ2v) is 17.0. The molecule has 0 radical (unpaired) electrons. The van der Waals surface area contributed by atoms with Gasteiger partial charge in [0.1, 0.15) is 32.2 Å². The van der Waals surface area contributed by atoms with E-state index in [1.54, 1.807) is 12.1 Å². The van der Waals surface area contributed by atoms with E-state index >= 15 is 0 Å². The van der Waals surface area contributed by atoms with E-state index in [4.69, 9.17) is 52.8 Å². The van der Waals surface area contributed by atoms with Gasteiger partial charge in [0.05, 0.1) is 6.61 Å². The number of ether oxygens (including phenoxy) is 9. The van der Waals surface area contributed by atoms with Crippen molar-refractivity contribution in [3.63, 3.8) is 0 Å². The van der Waals surface area contributed by atoms with Crippen molar-refractivity contribution in [2.75, 3.05) is 32.2 Å². The number of anilines is 1. The van der Waals surface area contributed by atoms with Crippen molar-refractivity contribution in [3.8, 4) is 5.75 Å². The fourth-order valence-electron chi connectivity index (χ4n) is 3.92. The van der Waals surface area contributed by atoms with Gasteiger partial charge in [-0.25, -0.2) is 19.2 Å². The molecule has 0 aliphatic carbocycles. The third-order valence-electron chi connectivity index (χ3n) is 7.45. The first-order chi connectivity index (χ1) is 23.6. The molecular weight excluding hydrogens is 674 g/mol. The van der Waals surface area contributed by atoms with E-state index in [0.29, 0.717) is 5.56 Å². The van der Waals surface area contributed by atoms with Gasteiger partial charge in [0.25, 0.3) is 0 Å². The van der Waals surface area contributed by atoms with Crippen molar-refractivity contribution in [3.05, 3.63) is 74.4 Å². The normalized spacial score (nSPS) is 20.2. The van der Waals surface area contributed by atoms with Gasteiger partial charge in [-0.1, -0.05) is 77.5 Å². The minimum atomic E-state index is -2.26. The molecule has 1 heterocycles. The Labute approximate surface area is 293 Å². The summed E-state index contributed by atoms with van der Waals surface area (Å²) in [5.74, 6) is -0.979. The minimum absolute atomic E-state index is 0.0885. The van der Waals surface area contributed by atoms with Gasteiger partial charge in [-0.15, -0.1) is 0 Å². The number of nitrogen functional groups attached to an aromatic ring is 1. The van der Waals surface area contributed by atoms with Gasteiger partial charge in [0.15, 0.2) is 26.6 Å². The first-order valence-corrected chi connectivity index (χ1v) is 18.4. The molecule has 1 aromatic carbocycles. The van der Waals surface area contributed by atoms with Crippen LogP contribution in [0.5, 0.6) is 5.75 Å². The van der Waals surface area contributed by atoms with Crippen molar-refractivity contribution in [2.24, 2.45) is 0 Å². The number of hydrogen-bond donors (Lipinski definition) is 1. The lowest BCUT2D eigenvalue weighted by atomic mass is 9.98. The summed E-state index contributed by atoms with van der Waals surface area (Å²) in [6.45, 7) is 23.3. The zero-order valence-electron chi connectivity index (χ0n) is 29.1. The Hall–Kier alpha value is -4.80. The second kappa shape index (κ2) is 19.4. The molecule has 1 aliphatic rings. The van der Waals surface area contributed by atoms with Gasteiger partial charge in [-0.3, -0.25) is 0 Å². The van der Waals surface area contributed by atoms with Crippen LogP contribution in [0.3, 0.4) is 0 Å². The van der Waals surface area contributed by atoms with Crippen LogP contribution in [0, 0.1) is 0 Å². The number of carbonyl (C=O) groups excluding carboxylic acids is 4. The molecule has 50 heavy (non-hydrogen) atoms. The zero-order chi connectivity index (χ0) is 37.5. The predicted octanol–water partition coefficient (Wildman–Crippen LogP) is 5.75. The third kappa shape index (κ3) is 12.3. The van der Waals surface area contributed by atoms with Crippen LogP contribution in [-0.4, -0.2) is 89.9 Å². The van der Waals surface area contributed by atoms with Crippen molar-refractivity contribution in [1.29, 1.82) is 0 Å². The highest BCUT2D eigenvalue weighted by molar-refractivity contribution is 6.74. The molecule has 16 heteroatoms. The monoisotopic (exact) mass is 721 g/mol. The molecule has 1 fully saturated rings. The van der Waals surface area contributed by atoms with Crippen LogP contribution in [0.1, 0.15) is 26.3 Å². The van der Waals surface area contributed by atoms with E-state index in [1.165, 1.54) is 30.4 Å². The van der Waals surface area contributed by atoms with Crippen molar-refractivity contribution < 1.29 is 66.2 Å². The summed E-state index contributed by atoms with van der Waals surface area (Å²) in [6, 6.07) is 4.78. The third-order valence-corrected chi connectivity index (χ3v) is 11.9. The largest absolute Gasteiger partial charge is 0.509 e. The van der Waals surface area contributed by atoms with Gasteiger partial charge in [-0.2, -0.15) is 0 Å². The van der Waals surface area contributed by atoms with E-state index in [2.05, 4.69) is 60.2 Å². The molecule has 1 aliphatic heterocycles. The average Bonchev–Trinajstić information content (AvgIpc) is 3.05. The molecule has 0 spiro atoms. The summed E-state index contributed by atoms with van der Waals surface area (Å²) in [4.78, 5) is 51.8. The van der Waals surface area contributed by atoms with Crippen LogP contribution >= 0.6 is 0 Å². The molecule has 1 saturated heterocycles. The molecule has 0 amide bonds. The predicted molar refractivity (Wildman–Crippen MR) is 183 cm³/mol. The lowest BCUT2D eigenvalue weighted by Crippen LogP contribution is -2.64. The molecule has 15 nitrogen and oxygen atoms in total. The maximum atomic E-state index is 13.4. The van der Waals surface area contributed by atoms with Gasteiger partial charge >= 0.3 is 24.4 Å². The van der Waals surface area contributed by atoms with Crippen LogP contribution in [-0.2, 0) is 53.7 Å². The van der Waals surface area contributed by atoms with Crippen molar-refractivity contribution in [2.45, 2.75) is 76.2 Å². The van der Waals surface area contributed by atoms with E-state index in [0.717, 1.165) is 0 Å². The number of hydrogen-bond acceptors (Lipinski definition) is 15. The summed E-state index contributed by atoms with van der Waals surface area (Å²) < 4.78 is 55.3. The molecule has 0 aromatic heterocycles. The second-order valence-electron chi connectivity index (χ2n) is 12.2. The zero-order valence-corrected chi connectivity index (χ0v) is 30.1. The smallest absolute Gasteiger partial charge is 0.460 e. The van der Waals surface area contributed by atoms with Crippen LogP contribution in [0.25, 0.3) is 0 Å². The summed E-state index contributed by atoms with van der Waals surface area (Å²) >= 11 is 0. The number of carbonyl (C=O) groups is 4. The average molecular weight is 722 g/mol. The van der Waals surface area contributed by atoms with Crippen molar-refractivity contribution >= 4 is 38.4 Å². The Kier molecular flexibility index (Phi) is 16.1. The quantitative estimate of drug-likeness (QED) is 0.0673. The van der Waals surface area contributed by atoms with E-state index in [-0.39, 0.29) is 49.5 Å². The molecular formula is C34H47NO14Si. The first kappa shape index (κ1) is 41.4. The Balaban J connectivity index is 2.71. The molecule has 1 aromatic rings. The van der Waals surface area contributed by atoms with Crippen molar-refractivity contribution in [1.82, 2.24) is 0 Å². The number of esters is 1. The van der Waals surface area contributed by atoms with Crippen LogP contribution in [0.2, 0.25) is 18.1 Å². The highest BCUT2D eigenvalue weighted by atomic mass is 28.4. The minimum Gasteiger partial charge on any atom is -0.460 e. The van der Waals surface area contributed by atoms with Gasteiger partial charge < -0.3 is 52.8 Å². The number of rotatable bonds is 17. The molecule has 0 bridgehead atoms. The molecule has 5 atom stereocenters. The molecule has 2 rings (SSSR count). The first-order valence-electron chi connectivity index (χ1n) is 15.5. The summed E-state index contributed by atoms with van der Waals surface area (Å²) in [5, 5.41) is -0.120. The lowest BCUT2D eigenvalue weighted by Gasteiger charge is -2.42. The number of nitrogens with two attached hydrogens (primary N) is 1. The topological polar surface area (TPSA) is 187 Å². The van der Waals surface area contributed by atoms with Gasteiger partial charge in [-0.05, 0) is 24.2 Å². The van der Waals surface area contributed by atoms with E-state index in [9.17, 15) is 19.2 Å². The Morgan fingerprint density at radius 1 is 0.780 bits per heavy atom. The van der Waals surface area contributed by atoms with Crippen LogP contribution in [0.4, 0.5) is 20.1 Å². The summed E-state index contributed by atoms with van der Waals surface area (Å²) in [6.07, 6.45) is -7.95. The standard InChI is InChI=1S/C34H47NO14Si/c1-10-16-40-29(36)27-25(47-31(37)41-17-11-2)26(48-32(38)42-18-12-3)28(49-33(39)43-19-13-4)30(46-27)45-24-20-23(35)15-14-22(24)21-44-50(8,9)34(5,6)7/h10-15,20,25-28,30H,1-4,16-19,21,35H2,5-9H3/t25-,26-,27-,28+,30+/m0/s1. The lowest BCUT2D eigenvalue weighted by molar-refractivity contribution is -0.276. The van der Waals surface area contributed by atoms with E-state index < -0.39 is 63.5 Å². The Morgan fingerprint density at radius 3 is 1.76 bits per heavy atom. The van der Waals surface area contributed by atoms with E-state index in [1.807, 2.05) is 0 Å². The maximum absolute atomic E-state index is 13.4. The summed E-state index contributed by atoms with van der Waals surface area (Å²) in [7, 11) is -2.26. The SMILES string of the molecule is C=CCOC(=O)O[C@@H]1[C@@H](OC(=O)OCC=C)[C@H](Oc2cc(N)ccc2CO[Si](C)(C)C(C)(C)C)O[C@H](C(=O)OCC=C)[C@H]1OC(=O)OCC=C. The fraction of sp³-hybridized carbons (Fsp3) is 0.471. The van der Waals surface area contributed by atoms with Gasteiger partial charge in [0, 0.05) is 17.3 Å². The van der Waals surface area contributed by atoms with Crippen LogP contribution < -0.4 is 10.5 Å². The maximum Gasteiger partial charge on any atom is 0.509 e. The molecule has 276 valence electrons. The fourth-order valence-corrected chi connectivity index (χ4v) is 4.87. The molecule has 0 unspecified atom stereocenters. The number of benzene rings is 1. The van der Waals surface area contributed by atoms with Crippen LogP contribution in [0.15, 0.2) is 68.8 Å². The summed E-state index contributed by atoms with van der Waals surface area (Å²) in [5.41, 5.74) is 6.91. The van der Waals surface area contributed by atoms with Gasteiger partial charge in [0.2, 0.25) is 12.4 Å². The Morgan fingerprint density at radius 2 is 1.26 bits per heavy atom. The highest BCUT2D eigenvalue weighted by Gasteiger charge is 2.57. The molecule has 2 N–H and O–H groups in total. The Bertz CT molecular complexity index is 1370.